The van der Waals surface area contributed by atoms with Crippen molar-refractivity contribution in [3.05, 3.63) is 16.0 Å². The molecule has 1 fully saturated rings. The summed E-state index contributed by atoms with van der Waals surface area (Å²) < 4.78 is 0. The van der Waals surface area contributed by atoms with Crippen molar-refractivity contribution >= 4 is 28.2 Å². The van der Waals surface area contributed by atoms with Crippen LogP contribution in [0, 0.1) is 37.0 Å². The number of aliphatic carboxylic acids is 1. The van der Waals surface area contributed by atoms with Crippen LogP contribution in [0.3, 0.4) is 0 Å². The molecule has 7 heteroatoms. The molecule has 0 aromatic carbocycles. The van der Waals surface area contributed by atoms with Crippen LogP contribution in [0.15, 0.2) is 0 Å². The Morgan fingerprint density at radius 2 is 2.05 bits per heavy atom. The van der Waals surface area contributed by atoms with Crippen LogP contribution < -0.4 is 61.8 Å². The van der Waals surface area contributed by atoms with E-state index < -0.39 is 17.8 Å². The number of hydrogen-bond donors (Lipinski definition) is 1. The number of nitrogens with one attached hydrogen (secondary N) is 1. The minimum atomic E-state index is -1.19. The number of amides is 1. The Labute approximate surface area is 157 Å². The van der Waals surface area contributed by atoms with E-state index in [9.17, 15) is 14.7 Å². The summed E-state index contributed by atoms with van der Waals surface area (Å²) in [6.07, 6.45) is 0.319. The van der Waals surface area contributed by atoms with Crippen LogP contribution in [-0.2, 0) is 9.59 Å². The summed E-state index contributed by atoms with van der Waals surface area (Å²) in [5.41, 5.74) is 1.31. The summed E-state index contributed by atoms with van der Waals surface area (Å²) in [6.45, 7) is 3.69. The van der Waals surface area contributed by atoms with Crippen molar-refractivity contribution in [2.45, 2.75) is 20.3 Å². The third kappa shape index (κ3) is 3.45. The van der Waals surface area contributed by atoms with E-state index in [0.29, 0.717) is 17.0 Å². The number of carboxylic acids is 1. The topological polar surface area (TPSA) is 93.0 Å². The minimum absolute atomic E-state index is 0. The fourth-order valence-corrected chi connectivity index (χ4v) is 2.81. The van der Waals surface area contributed by atoms with Gasteiger partial charge in [-0.3, -0.25) is 4.79 Å². The molecule has 2 unspecified atom stereocenters. The van der Waals surface area contributed by atoms with Gasteiger partial charge in [0.05, 0.1) is 5.56 Å². The molecule has 0 saturated heterocycles. The molecule has 0 spiro atoms. The van der Waals surface area contributed by atoms with Gasteiger partial charge in [-0.1, -0.05) is 0 Å². The van der Waals surface area contributed by atoms with E-state index >= 15 is 0 Å². The predicted molar refractivity (Wildman–Crippen MR) is 63.7 cm³/mol. The standard InChI is InChI=1S/C12H12N2O3S.K/c1-5-6(2)18-11(9(5)4-13)14-10(15)7-3-8(7)12(16)17;/h7-8H,3H2,1-2H3,(H,14,15)(H,16,17);/q;+1/p-1. The quantitative estimate of drug-likeness (QED) is 0.628. The van der Waals surface area contributed by atoms with Gasteiger partial charge in [-0.05, 0) is 25.8 Å². The first-order chi connectivity index (χ1) is 8.45. The summed E-state index contributed by atoms with van der Waals surface area (Å²) in [5, 5.41) is 22.7. The van der Waals surface area contributed by atoms with Crippen molar-refractivity contribution in [2.24, 2.45) is 11.8 Å². The van der Waals surface area contributed by atoms with Crippen LogP contribution in [0.25, 0.3) is 0 Å². The second kappa shape index (κ2) is 6.48. The van der Waals surface area contributed by atoms with Crippen LogP contribution in [0.5, 0.6) is 0 Å². The molecule has 2 atom stereocenters. The Morgan fingerprint density at radius 1 is 1.42 bits per heavy atom. The number of carbonyl (C=O) groups is 2. The molecule has 1 aromatic rings. The number of hydrogen-bond acceptors (Lipinski definition) is 5. The largest absolute Gasteiger partial charge is 1.00 e. The van der Waals surface area contributed by atoms with Gasteiger partial charge in [-0.25, -0.2) is 0 Å². The monoisotopic (exact) mass is 302 g/mol. The van der Waals surface area contributed by atoms with Gasteiger partial charge in [-0.2, -0.15) is 5.26 Å². The fourth-order valence-electron chi connectivity index (χ4n) is 1.80. The van der Waals surface area contributed by atoms with Crippen LogP contribution in [0.4, 0.5) is 5.00 Å². The van der Waals surface area contributed by atoms with E-state index in [1.165, 1.54) is 11.3 Å². The third-order valence-corrected chi connectivity index (χ3v) is 4.29. The molecule has 1 amide bonds. The van der Waals surface area contributed by atoms with E-state index in [-0.39, 0.29) is 57.3 Å². The third-order valence-electron chi connectivity index (χ3n) is 3.16. The normalized spacial score (nSPS) is 20.1. The van der Waals surface area contributed by atoms with Crippen molar-refractivity contribution < 1.29 is 66.1 Å². The number of carboxylic acid groups (broad SMARTS) is 1. The zero-order valence-electron chi connectivity index (χ0n) is 10.9. The van der Waals surface area contributed by atoms with E-state index in [2.05, 4.69) is 11.4 Å². The molecule has 2 rings (SSSR count). The van der Waals surface area contributed by atoms with Gasteiger partial charge < -0.3 is 15.2 Å². The smallest absolute Gasteiger partial charge is 0.550 e. The summed E-state index contributed by atoms with van der Waals surface area (Å²) in [7, 11) is 0. The molecule has 19 heavy (non-hydrogen) atoms. The maximum Gasteiger partial charge on any atom is 1.00 e. The molecule has 0 aliphatic heterocycles. The summed E-state index contributed by atoms with van der Waals surface area (Å²) >= 11 is 1.33. The summed E-state index contributed by atoms with van der Waals surface area (Å²) in [4.78, 5) is 23.3. The summed E-state index contributed by atoms with van der Waals surface area (Å²) in [6, 6.07) is 2.05. The first kappa shape index (κ1) is 16.8. The van der Waals surface area contributed by atoms with Gasteiger partial charge in [0, 0.05) is 22.7 Å². The van der Waals surface area contributed by atoms with Gasteiger partial charge in [0.15, 0.2) is 0 Å². The number of thiophene rings is 1. The van der Waals surface area contributed by atoms with E-state index in [4.69, 9.17) is 5.26 Å². The van der Waals surface area contributed by atoms with Crippen molar-refractivity contribution in [2.75, 3.05) is 5.32 Å². The average molecular weight is 302 g/mol. The molecule has 1 saturated carbocycles. The van der Waals surface area contributed by atoms with Crippen molar-refractivity contribution in [1.82, 2.24) is 0 Å². The maximum atomic E-state index is 11.8. The zero-order chi connectivity index (χ0) is 13.4. The Bertz CT molecular complexity index is 576. The van der Waals surface area contributed by atoms with Gasteiger partial charge in [0.25, 0.3) is 0 Å². The zero-order valence-corrected chi connectivity index (χ0v) is 14.9. The van der Waals surface area contributed by atoms with Crippen molar-refractivity contribution in [3.8, 4) is 6.07 Å². The summed E-state index contributed by atoms with van der Waals surface area (Å²) in [5.74, 6) is -2.74. The Kier molecular flexibility index (Phi) is 5.73. The average Bonchev–Trinajstić information content (AvgIpc) is 3.04. The molecule has 1 heterocycles. The molecular weight excluding hydrogens is 291 g/mol. The molecule has 1 N–H and O–H groups in total. The van der Waals surface area contributed by atoms with Gasteiger partial charge in [-0.15, -0.1) is 11.3 Å². The molecule has 94 valence electrons. The molecule has 0 bridgehead atoms. The number of nitriles is 1. The number of aryl methyl sites for hydroxylation is 1. The van der Waals surface area contributed by atoms with E-state index in [1.807, 2.05) is 13.8 Å². The SMILES string of the molecule is Cc1sc(NC(=O)C2CC2C(=O)[O-])c(C#N)c1C.[K+]. The first-order valence-electron chi connectivity index (χ1n) is 5.47. The van der Waals surface area contributed by atoms with Crippen LogP contribution >= 0.6 is 11.3 Å². The maximum absolute atomic E-state index is 11.8. The second-order valence-electron chi connectivity index (χ2n) is 4.36. The Morgan fingerprint density at radius 3 is 2.53 bits per heavy atom. The number of carbonyl (C=O) groups excluding carboxylic acids is 2. The van der Waals surface area contributed by atoms with E-state index in [0.717, 1.165) is 10.4 Å². The van der Waals surface area contributed by atoms with Crippen LogP contribution in [0.1, 0.15) is 22.4 Å². The molecular formula is C12H11KN2O3S. The first-order valence-corrected chi connectivity index (χ1v) is 6.29. The fraction of sp³-hybridized carbons (Fsp3) is 0.417. The van der Waals surface area contributed by atoms with E-state index in [1.54, 1.807) is 0 Å². The van der Waals surface area contributed by atoms with Gasteiger partial charge in [0.1, 0.15) is 11.1 Å². The second-order valence-corrected chi connectivity index (χ2v) is 5.58. The van der Waals surface area contributed by atoms with Gasteiger partial charge >= 0.3 is 51.4 Å². The molecule has 1 aliphatic rings. The Hall–Kier alpha value is -0.234. The van der Waals surface area contributed by atoms with Crippen LogP contribution in [-0.4, -0.2) is 11.9 Å². The predicted octanol–water partition coefficient (Wildman–Crippen LogP) is -2.43. The number of anilines is 1. The van der Waals surface area contributed by atoms with Gasteiger partial charge in [0.2, 0.25) is 5.91 Å². The Balaban J connectivity index is 0.00000180. The number of rotatable bonds is 3. The molecule has 1 aliphatic carbocycles. The molecule has 0 radical (unpaired) electrons. The van der Waals surface area contributed by atoms with Crippen molar-refractivity contribution in [1.29, 1.82) is 5.26 Å². The molecule has 1 aromatic heterocycles. The van der Waals surface area contributed by atoms with Crippen molar-refractivity contribution in [3.63, 3.8) is 0 Å². The minimum Gasteiger partial charge on any atom is -0.550 e. The number of nitrogens with zero attached hydrogens (tertiary/aromatic N) is 1. The van der Waals surface area contributed by atoms with Crippen LogP contribution in [0.2, 0.25) is 0 Å². The molecule has 5 nitrogen and oxygen atoms in total.